The van der Waals surface area contributed by atoms with Crippen LogP contribution in [0.25, 0.3) is 0 Å². The fourth-order valence-corrected chi connectivity index (χ4v) is 3.47. The van der Waals surface area contributed by atoms with Crippen LogP contribution in [0.15, 0.2) is 24.3 Å². The topological polar surface area (TPSA) is 26.3 Å². The Kier molecular flexibility index (Phi) is 4.27. The number of carbonyl (C=O) groups excluding carboxylic acids is 1. The Hall–Kier alpha value is -0.510. The van der Waals surface area contributed by atoms with E-state index in [9.17, 15) is 4.79 Å². The van der Waals surface area contributed by atoms with Gasteiger partial charge >= 0.3 is 0 Å². The van der Waals surface area contributed by atoms with Gasteiger partial charge < -0.3 is 4.74 Å². The van der Waals surface area contributed by atoms with Crippen molar-refractivity contribution in [1.29, 1.82) is 0 Å². The third-order valence-corrected chi connectivity index (χ3v) is 4.94. The molecule has 1 fully saturated rings. The van der Waals surface area contributed by atoms with Gasteiger partial charge in [-0.15, -0.1) is 0 Å². The lowest BCUT2D eigenvalue weighted by molar-refractivity contribution is 0.102. The number of ether oxygens (including phenoxy) is 1. The minimum atomic E-state index is 0.212. The minimum absolute atomic E-state index is 0.212. The number of carbonyl (C=O) groups is 1. The highest BCUT2D eigenvalue weighted by molar-refractivity contribution is 7.97. The first-order chi connectivity index (χ1) is 7.75. The van der Waals surface area contributed by atoms with Crippen molar-refractivity contribution in [3.63, 3.8) is 0 Å². The van der Waals surface area contributed by atoms with Crippen LogP contribution in [0.3, 0.4) is 0 Å². The summed E-state index contributed by atoms with van der Waals surface area (Å²) in [6.45, 7) is 1.61. The van der Waals surface area contributed by atoms with E-state index < -0.39 is 0 Å². The van der Waals surface area contributed by atoms with Crippen LogP contribution in [0.1, 0.15) is 10.4 Å². The van der Waals surface area contributed by atoms with Crippen LogP contribution in [0.2, 0.25) is 5.02 Å². The molecule has 0 atom stereocenters. The quantitative estimate of drug-likeness (QED) is 0.613. The SMILES string of the molecule is O=C(C[S+]1CCOCC1)c1ccc(Cl)cc1. The third-order valence-electron chi connectivity index (χ3n) is 2.53. The van der Waals surface area contributed by atoms with Crippen LogP contribution in [-0.4, -0.2) is 36.3 Å². The maximum Gasteiger partial charge on any atom is 0.211 e. The lowest BCUT2D eigenvalue weighted by Crippen LogP contribution is -2.31. The summed E-state index contributed by atoms with van der Waals surface area (Å²) in [5, 5.41) is 0.671. The van der Waals surface area contributed by atoms with Crippen molar-refractivity contribution in [2.45, 2.75) is 0 Å². The van der Waals surface area contributed by atoms with Gasteiger partial charge in [0.25, 0.3) is 0 Å². The van der Waals surface area contributed by atoms with Gasteiger partial charge in [-0.1, -0.05) is 11.6 Å². The molecule has 86 valence electrons. The molecule has 0 aliphatic carbocycles. The summed E-state index contributed by atoms with van der Waals surface area (Å²) in [5.74, 6) is 2.94. The Morgan fingerprint density at radius 1 is 1.25 bits per heavy atom. The highest BCUT2D eigenvalue weighted by Gasteiger charge is 2.25. The van der Waals surface area contributed by atoms with E-state index in [4.69, 9.17) is 16.3 Å². The molecule has 1 aliphatic rings. The molecule has 4 heteroatoms. The van der Waals surface area contributed by atoms with Gasteiger partial charge in [0.1, 0.15) is 11.5 Å². The average Bonchev–Trinajstić information content (AvgIpc) is 2.31. The molecular formula is C12H14ClO2S+. The van der Waals surface area contributed by atoms with E-state index in [1.807, 2.05) is 0 Å². The zero-order chi connectivity index (χ0) is 11.4. The predicted octanol–water partition coefficient (Wildman–Crippen LogP) is 2.17. The molecule has 0 amide bonds. The van der Waals surface area contributed by atoms with Gasteiger partial charge in [-0.3, -0.25) is 4.79 Å². The van der Waals surface area contributed by atoms with Crippen molar-refractivity contribution >= 4 is 28.3 Å². The Morgan fingerprint density at radius 2 is 1.88 bits per heavy atom. The molecule has 1 aromatic carbocycles. The Morgan fingerprint density at radius 3 is 2.50 bits per heavy atom. The first-order valence-corrected chi connectivity index (χ1v) is 7.37. The molecule has 1 saturated heterocycles. The van der Waals surface area contributed by atoms with E-state index in [0.717, 1.165) is 30.3 Å². The molecule has 0 aromatic heterocycles. The van der Waals surface area contributed by atoms with Crippen LogP contribution in [0, 0.1) is 0 Å². The normalized spacial score (nSPS) is 17.3. The van der Waals surface area contributed by atoms with E-state index in [1.54, 1.807) is 24.3 Å². The zero-order valence-corrected chi connectivity index (χ0v) is 10.5. The van der Waals surface area contributed by atoms with E-state index in [-0.39, 0.29) is 16.7 Å². The van der Waals surface area contributed by atoms with Crippen LogP contribution < -0.4 is 0 Å². The first-order valence-electron chi connectivity index (χ1n) is 5.26. The first kappa shape index (κ1) is 12.0. The number of ketones is 1. The fourth-order valence-electron chi connectivity index (χ4n) is 1.61. The van der Waals surface area contributed by atoms with Gasteiger partial charge in [0.2, 0.25) is 5.78 Å². The summed E-state index contributed by atoms with van der Waals surface area (Å²) >= 11 is 5.78. The smallest absolute Gasteiger partial charge is 0.211 e. The maximum absolute atomic E-state index is 11.9. The summed E-state index contributed by atoms with van der Waals surface area (Å²) in [6.07, 6.45) is 0. The zero-order valence-electron chi connectivity index (χ0n) is 8.95. The van der Waals surface area contributed by atoms with E-state index in [1.165, 1.54) is 0 Å². The average molecular weight is 258 g/mol. The molecule has 0 unspecified atom stereocenters. The van der Waals surface area contributed by atoms with Crippen molar-refractivity contribution in [3.8, 4) is 0 Å². The molecule has 0 bridgehead atoms. The van der Waals surface area contributed by atoms with Gasteiger partial charge in [-0.2, -0.15) is 0 Å². The van der Waals surface area contributed by atoms with Gasteiger partial charge in [-0.25, -0.2) is 0 Å². The fraction of sp³-hybridized carbons (Fsp3) is 0.417. The van der Waals surface area contributed by atoms with Crippen molar-refractivity contribution in [1.82, 2.24) is 0 Å². The predicted molar refractivity (Wildman–Crippen MR) is 68.6 cm³/mol. The Bertz CT molecular complexity index is 358. The van der Waals surface area contributed by atoms with Crippen LogP contribution in [0.5, 0.6) is 0 Å². The minimum Gasteiger partial charge on any atom is -0.372 e. The maximum atomic E-state index is 11.9. The molecule has 1 aromatic rings. The third kappa shape index (κ3) is 3.24. The highest BCUT2D eigenvalue weighted by Crippen LogP contribution is 2.12. The lowest BCUT2D eigenvalue weighted by Gasteiger charge is -2.13. The molecular weight excluding hydrogens is 244 g/mol. The largest absolute Gasteiger partial charge is 0.372 e. The summed E-state index contributed by atoms with van der Waals surface area (Å²) in [4.78, 5) is 11.9. The number of halogens is 1. The molecule has 0 N–H and O–H groups in total. The molecule has 1 aliphatic heterocycles. The second kappa shape index (κ2) is 5.71. The molecule has 0 spiro atoms. The van der Waals surface area contributed by atoms with Gasteiger partial charge in [0, 0.05) is 21.5 Å². The number of hydrogen-bond donors (Lipinski definition) is 0. The van der Waals surface area contributed by atoms with Gasteiger partial charge in [0.15, 0.2) is 5.75 Å². The molecule has 16 heavy (non-hydrogen) atoms. The van der Waals surface area contributed by atoms with Crippen LogP contribution in [0.4, 0.5) is 0 Å². The Balaban J connectivity index is 1.94. The van der Waals surface area contributed by atoms with Gasteiger partial charge in [0.05, 0.1) is 13.2 Å². The van der Waals surface area contributed by atoms with E-state index in [0.29, 0.717) is 10.8 Å². The highest BCUT2D eigenvalue weighted by atomic mass is 35.5. The van der Waals surface area contributed by atoms with Crippen molar-refractivity contribution in [3.05, 3.63) is 34.9 Å². The van der Waals surface area contributed by atoms with Gasteiger partial charge in [-0.05, 0) is 24.3 Å². The van der Waals surface area contributed by atoms with Crippen molar-refractivity contribution in [2.24, 2.45) is 0 Å². The monoisotopic (exact) mass is 257 g/mol. The molecule has 1 heterocycles. The number of rotatable bonds is 3. The molecule has 2 rings (SSSR count). The second-order valence-corrected chi connectivity index (χ2v) is 6.47. The van der Waals surface area contributed by atoms with E-state index in [2.05, 4.69) is 0 Å². The second-order valence-electron chi connectivity index (χ2n) is 3.71. The lowest BCUT2D eigenvalue weighted by atomic mass is 10.1. The Labute approximate surface area is 103 Å². The standard InChI is InChI=1S/C12H14ClO2S/c13-11-3-1-10(2-4-11)12(14)9-16-7-5-15-6-8-16/h1-4H,5-9H2/q+1. The number of Topliss-reactive ketones (excluding diaryl/α,β-unsaturated/α-hetero) is 1. The summed E-state index contributed by atoms with van der Waals surface area (Å²) in [6, 6.07) is 7.13. The summed E-state index contributed by atoms with van der Waals surface area (Å²) < 4.78 is 5.28. The van der Waals surface area contributed by atoms with Crippen LogP contribution in [-0.2, 0) is 15.6 Å². The number of benzene rings is 1. The summed E-state index contributed by atoms with van der Waals surface area (Å²) in [7, 11) is 0.212. The van der Waals surface area contributed by atoms with Crippen molar-refractivity contribution < 1.29 is 9.53 Å². The molecule has 2 nitrogen and oxygen atoms in total. The van der Waals surface area contributed by atoms with E-state index >= 15 is 0 Å². The molecule has 0 radical (unpaired) electrons. The number of hydrogen-bond acceptors (Lipinski definition) is 2. The summed E-state index contributed by atoms with van der Waals surface area (Å²) in [5.41, 5.74) is 0.767. The van der Waals surface area contributed by atoms with Crippen molar-refractivity contribution in [2.75, 3.05) is 30.5 Å². The van der Waals surface area contributed by atoms with Crippen LogP contribution >= 0.6 is 11.6 Å². The molecule has 0 saturated carbocycles.